The Kier molecular flexibility index (Phi) is 5.46. The van der Waals surface area contributed by atoms with Gasteiger partial charge in [-0.25, -0.2) is 5.43 Å². The summed E-state index contributed by atoms with van der Waals surface area (Å²) in [5.41, 5.74) is -0.158. The Balaban J connectivity index is 2.19. The lowest BCUT2D eigenvalue weighted by molar-refractivity contribution is -0.385. The molecule has 1 amide bonds. The molecule has 0 fully saturated rings. The molecule has 0 bridgehead atoms. The monoisotopic (exact) mass is 387 g/mol. The van der Waals surface area contributed by atoms with Crippen molar-refractivity contribution in [1.82, 2.24) is 5.43 Å². The number of nitro benzene ring substituents is 1. The van der Waals surface area contributed by atoms with E-state index in [0.717, 1.165) is 36.5 Å². The third-order valence-electron chi connectivity index (χ3n) is 3.10. The largest absolute Gasteiger partial charge is 0.502 e. The third-order valence-corrected chi connectivity index (χ3v) is 3.32. The van der Waals surface area contributed by atoms with E-state index in [4.69, 9.17) is 11.6 Å². The van der Waals surface area contributed by atoms with Gasteiger partial charge in [0.25, 0.3) is 5.91 Å². The predicted octanol–water partition coefficient (Wildman–Crippen LogP) is 3.74. The Hall–Kier alpha value is -3.14. The fourth-order valence-corrected chi connectivity index (χ4v) is 2.13. The van der Waals surface area contributed by atoms with Gasteiger partial charge in [0, 0.05) is 22.2 Å². The van der Waals surface area contributed by atoms with Gasteiger partial charge in [0.2, 0.25) is 5.75 Å². The number of hydrazone groups is 1. The molecular weight excluding hydrogens is 379 g/mol. The van der Waals surface area contributed by atoms with Crippen LogP contribution in [-0.2, 0) is 6.18 Å². The minimum absolute atomic E-state index is 0.0554. The van der Waals surface area contributed by atoms with Crippen molar-refractivity contribution >= 4 is 29.4 Å². The number of amides is 1. The zero-order valence-electron chi connectivity index (χ0n) is 12.6. The van der Waals surface area contributed by atoms with E-state index in [2.05, 4.69) is 5.10 Å². The highest BCUT2D eigenvalue weighted by Crippen LogP contribution is 2.32. The number of rotatable bonds is 4. The summed E-state index contributed by atoms with van der Waals surface area (Å²) in [5, 5.41) is 24.0. The van der Waals surface area contributed by atoms with Crippen molar-refractivity contribution in [2.24, 2.45) is 5.10 Å². The molecule has 2 aromatic rings. The maximum absolute atomic E-state index is 12.6. The van der Waals surface area contributed by atoms with Gasteiger partial charge in [-0.3, -0.25) is 14.9 Å². The minimum Gasteiger partial charge on any atom is -0.502 e. The van der Waals surface area contributed by atoms with Crippen LogP contribution in [0.1, 0.15) is 21.5 Å². The molecule has 0 radical (unpaired) electrons. The molecule has 0 aliphatic carbocycles. The lowest BCUT2D eigenvalue weighted by Crippen LogP contribution is -2.18. The van der Waals surface area contributed by atoms with Crippen LogP contribution >= 0.6 is 11.6 Å². The number of phenols is 1. The minimum atomic E-state index is -4.61. The van der Waals surface area contributed by atoms with Crippen LogP contribution in [0.15, 0.2) is 41.5 Å². The number of nitro groups is 1. The molecular formula is C15H9ClF3N3O4. The standard InChI is InChI=1S/C15H9ClF3N3O4/c16-11-5-9(13(23)12(6-11)22(25)26)7-20-21-14(24)8-2-1-3-10(4-8)15(17,18)19/h1-7,23H,(H,21,24)/b20-7+. The molecule has 11 heteroatoms. The molecule has 0 unspecified atom stereocenters. The summed E-state index contributed by atoms with van der Waals surface area (Å²) < 4.78 is 37.9. The summed E-state index contributed by atoms with van der Waals surface area (Å²) in [7, 11) is 0. The molecule has 2 N–H and O–H groups in total. The second-order valence-corrected chi connectivity index (χ2v) is 5.33. The number of aromatic hydroxyl groups is 1. The molecule has 0 aliphatic rings. The summed E-state index contributed by atoms with van der Waals surface area (Å²) in [6, 6.07) is 5.75. The number of halogens is 4. The van der Waals surface area contributed by atoms with Gasteiger partial charge in [-0.05, 0) is 24.3 Å². The molecule has 2 rings (SSSR count). The fourth-order valence-electron chi connectivity index (χ4n) is 1.90. The number of carbonyl (C=O) groups excluding carboxylic acids is 1. The predicted molar refractivity (Wildman–Crippen MR) is 86.3 cm³/mol. The number of hydrogen-bond acceptors (Lipinski definition) is 5. The van der Waals surface area contributed by atoms with Gasteiger partial charge in [-0.2, -0.15) is 18.3 Å². The zero-order chi connectivity index (χ0) is 19.5. The number of alkyl halides is 3. The highest BCUT2D eigenvalue weighted by molar-refractivity contribution is 6.31. The summed E-state index contributed by atoms with van der Waals surface area (Å²) in [6.45, 7) is 0. The summed E-state index contributed by atoms with van der Waals surface area (Å²) in [6.07, 6.45) is -3.73. The van der Waals surface area contributed by atoms with Crippen molar-refractivity contribution in [3.05, 3.63) is 68.2 Å². The Morgan fingerprint density at radius 2 is 2.00 bits per heavy atom. The smallest absolute Gasteiger partial charge is 0.416 e. The van der Waals surface area contributed by atoms with E-state index >= 15 is 0 Å². The SMILES string of the molecule is O=C(N/N=C/c1cc(Cl)cc([N+](=O)[O-])c1O)c1cccc(C(F)(F)F)c1. The Morgan fingerprint density at radius 3 is 2.62 bits per heavy atom. The van der Waals surface area contributed by atoms with E-state index in [0.29, 0.717) is 6.07 Å². The van der Waals surface area contributed by atoms with Gasteiger partial charge >= 0.3 is 11.9 Å². The zero-order valence-corrected chi connectivity index (χ0v) is 13.4. The first-order chi connectivity index (χ1) is 12.1. The van der Waals surface area contributed by atoms with Gasteiger partial charge in [0.05, 0.1) is 16.7 Å². The maximum atomic E-state index is 12.6. The van der Waals surface area contributed by atoms with E-state index in [1.165, 1.54) is 0 Å². The molecule has 0 aromatic heterocycles. The molecule has 0 atom stereocenters. The quantitative estimate of drug-likeness (QED) is 0.473. The van der Waals surface area contributed by atoms with Gasteiger partial charge in [0.15, 0.2) is 0 Å². The van der Waals surface area contributed by atoms with Crippen molar-refractivity contribution in [1.29, 1.82) is 0 Å². The number of carbonyl (C=O) groups is 1. The van der Waals surface area contributed by atoms with Crippen molar-refractivity contribution in [2.75, 3.05) is 0 Å². The van der Waals surface area contributed by atoms with Crippen molar-refractivity contribution in [2.45, 2.75) is 6.18 Å². The van der Waals surface area contributed by atoms with Gasteiger partial charge in [-0.15, -0.1) is 0 Å². The van der Waals surface area contributed by atoms with Crippen LogP contribution in [0.2, 0.25) is 5.02 Å². The topological polar surface area (TPSA) is 105 Å². The molecule has 0 saturated heterocycles. The number of benzene rings is 2. The average Bonchev–Trinajstić information content (AvgIpc) is 2.56. The number of nitrogens with one attached hydrogen (secondary N) is 1. The second kappa shape index (κ2) is 7.40. The van der Waals surface area contributed by atoms with Crippen molar-refractivity contribution in [3.8, 4) is 5.75 Å². The Labute approximate surface area is 148 Å². The summed E-state index contributed by atoms with van der Waals surface area (Å²) >= 11 is 5.69. The molecule has 7 nitrogen and oxygen atoms in total. The lowest BCUT2D eigenvalue weighted by atomic mass is 10.1. The van der Waals surface area contributed by atoms with Crippen molar-refractivity contribution in [3.63, 3.8) is 0 Å². The fraction of sp³-hybridized carbons (Fsp3) is 0.0667. The van der Waals surface area contributed by atoms with Crippen LogP contribution in [0.4, 0.5) is 18.9 Å². The lowest BCUT2D eigenvalue weighted by Gasteiger charge is -2.07. The van der Waals surface area contributed by atoms with E-state index in [1.807, 2.05) is 5.43 Å². The van der Waals surface area contributed by atoms with Crippen molar-refractivity contribution < 1.29 is 28.0 Å². The maximum Gasteiger partial charge on any atom is 0.416 e. The van der Waals surface area contributed by atoms with E-state index in [1.54, 1.807) is 0 Å². The van der Waals surface area contributed by atoms with Crippen LogP contribution in [0.3, 0.4) is 0 Å². The van der Waals surface area contributed by atoms with E-state index < -0.39 is 34.0 Å². The highest BCUT2D eigenvalue weighted by Gasteiger charge is 2.30. The third kappa shape index (κ3) is 4.48. The first-order valence-corrected chi connectivity index (χ1v) is 7.15. The van der Waals surface area contributed by atoms with Gasteiger partial charge in [-0.1, -0.05) is 17.7 Å². The van der Waals surface area contributed by atoms with Crippen LogP contribution in [0, 0.1) is 10.1 Å². The number of nitrogens with zero attached hydrogens (tertiary/aromatic N) is 2. The molecule has 136 valence electrons. The summed E-state index contributed by atoms with van der Waals surface area (Å²) in [5.74, 6) is -1.67. The first kappa shape index (κ1) is 19.2. The summed E-state index contributed by atoms with van der Waals surface area (Å²) in [4.78, 5) is 21.8. The van der Waals surface area contributed by atoms with E-state index in [-0.39, 0.29) is 16.1 Å². The molecule has 0 aliphatic heterocycles. The van der Waals surface area contributed by atoms with Crippen LogP contribution in [0.25, 0.3) is 0 Å². The molecule has 26 heavy (non-hydrogen) atoms. The second-order valence-electron chi connectivity index (χ2n) is 4.90. The molecule has 2 aromatic carbocycles. The Bertz CT molecular complexity index is 900. The van der Waals surface area contributed by atoms with Gasteiger partial charge < -0.3 is 5.11 Å². The Morgan fingerprint density at radius 1 is 1.31 bits per heavy atom. The van der Waals surface area contributed by atoms with Gasteiger partial charge in [0.1, 0.15) is 0 Å². The van der Waals surface area contributed by atoms with Crippen LogP contribution < -0.4 is 5.43 Å². The molecule has 0 saturated carbocycles. The van der Waals surface area contributed by atoms with E-state index in [9.17, 15) is 33.2 Å². The first-order valence-electron chi connectivity index (χ1n) is 6.77. The molecule has 0 heterocycles. The van der Waals surface area contributed by atoms with Crippen LogP contribution in [-0.4, -0.2) is 22.2 Å². The molecule has 0 spiro atoms. The van der Waals surface area contributed by atoms with Crippen LogP contribution in [0.5, 0.6) is 5.75 Å². The average molecular weight is 388 g/mol. The number of hydrogen-bond donors (Lipinski definition) is 2. The normalized spacial score (nSPS) is 11.5. The number of phenolic OH excluding ortho intramolecular Hbond substituents is 1. The highest BCUT2D eigenvalue weighted by atomic mass is 35.5.